The van der Waals surface area contributed by atoms with Crippen LogP contribution in [0.25, 0.3) is 11.3 Å². The number of hydrogen-bond acceptors (Lipinski definition) is 7. The molecule has 1 aliphatic rings. The van der Waals surface area contributed by atoms with Crippen molar-refractivity contribution >= 4 is 22.4 Å². The van der Waals surface area contributed by atoms with Gasteiger partial charge in [-0.05, 0) is 37.5 Å². The van der Waals surface area contributed by atoms with Gasteiger partial charge in [0.25, 0.3) is 0 Å². The van der Waals surface area contributed by atoms with Gasteiger partial charge < -0.3 is 14.2 Å². The number of nitrogens with zero attached hydrogens (tertiary/aromatic N) is 4. The van der Waals surface area contributed by atoms with Crippen molar-refractivity contribution in [3.05, 3.63) is 34.5 Å². The smallest absolute Gasteiger partial charge is 0.233 e. The number of likely N-dealkylation sites (N-methyl/N-ethyl adjacent to an activating group) is 1. The minimum absolute atomic E-state index is 0.0331. The van der Waals surface area contributed by atoms with Gasteiger partial charge in [-0.1, -0.05) is 0 Å². The number of methoxy groups -OCH3 is 3. The number of thiazole rings is 1. The third-order valence-corrected chi connectivity index (χ3v) is 6.66. The standard InChI is InChI=1S/C22H26N4O4S/c1-6-26(19(27)11-13-9-16(28-3)21(30-5)17(10-13)29-4)22-24-20-14-12-23-25(2)15(14)7-8-18(20)31-22/h9-10,12H,6-8,11H2,1-5H3. The summed E-state index contributed by atoms with van der Waals surface area (Å²) in [6.45, 7) is 2.50. The molecule has 0 spiro atoms. The van der Waals surface area contributed by atoms with Gasteiger partial charge in [-0.3, -0.25) is 14.4 Å². The second-order valence-electron chi connectivity index (χ2n) is 7.25. The zero-order valence-corrected chi connectivity index (χ0v) is 19.2. The molecule has 0 unspecified atom stereocenters. The van der Waals surface area contributed by atoms with Crippen LogP contribution in [0.15, 0.2) is 18.3 Å². The molecule has 2 heterocycles. The summed E-state index contributed by atoms with van der Waals surface area (Å²) in [6.07, 6.45) is 3.92. The summed E-state index contributed by atoms with van der Waals surface area (Å²) in [5.41, 5.74) is 4.00. The van der Waals surface area contributed by atoms with Gasteiger partial charge in [-0.25, -0.2) is 4.98 Å². The molecule has 4 rings (SSSR count). The quantitative estimate of drug-likeness (QED) is 0.559. The summed E-state index contributed by atoms with van der Waals surface area (Å²) in [5.74, 6) is 1.53. The average Bonchev–Trinajstić information content (AvgIpc) is 3.36. The first-order valence-corrected chi connectivity index (χ1v) is 10.9. The highest BCUT2D eigenvalue weighted by molar-refractivity contribution is 7.16. The monoisotopic (exact) mass is 442 g/mol. The molecule has 0 saturated carbocycles. The highest BCUT2D eigenvalue weighted by Gasteiger charge is 2.27. The van der Waals surface area contributed by atoms with Crippen LogP contribution in [0, 0.1) is 0 Å². The van der Waals surface area contributed by atoms with E-state index in [0.717, 1.165) is 34.8 Å². The zero-order chi connectivity index (χ0) is 22.1. The Kier molecular flexibility index (Phi) is 5.86. The largest absolute Gasteiger partial charge is 0.493 e. The summed E-state index contributed by atoms with van der Waals surface area (Å²) in [5, 5.41) is 5.10. The fraction of sp³-hybridized carbons (Fsp3) is 0.409. The third-order valence-electron chi connectivity index (χ3n) is 5.52. The Morgan fingerprint density at radius 2 is 1.87 bits per heavy atom. The molecule has 0 saturated heterocycles. The summed E-state index contributed by atoms with van der Waals surface area (Å²) < 4.78 is 18.1. The first-order chi connectivity index (χ1) is 15.0. The van der Waals surface area contributed by atoms with Crippen LogP contribution in [0.3, 0.4) is 0 Å². The predicted octanol–water partition coefficient (Wildman–Crippen LogP) is 3.26. The van der Waals surface area contributed by atoms with E-state index in [0.29, 0.717) is 23.8 Å². The number of anilines is 1. The molecule has 0 radical (unpaired) electrons. The predicted molar refractivity (Wildman–Crippen MR) is 120 cm³/mol. The second-order valence-corrected chi connectivity index (χ2v) is 8.31. The van der Waals surface area contributed by atoms with E-state index in [-0.39, 0.29) is 12.3 Å². The Hall–Kier alpha value is -3.07. The second kappa shape index (κ2) is 8.58. The van der Waals surface area contributed by atoms with Gasteiger partial charge in [0.15, 0.2) is 16.6 Å². The minimum atomic E-state index is -0.0331. The van der Waals surface area contributed by atoms with E-state index in [1.165, 1.54) is 10.6 Å². The highest BCUT2D eigenvalue weighted by atomic mass is 32.1. The van der Waals surface area contributed by atoms with E-state index in [2.05, 4.69) is 5.10 Å². The van der Waals surface area contributed by atoms with Gasteiger partial charge in [0.1, 0.15) is 0 Å². The molecule has 0 fully saturated rings. The van der Waals surface area contributed by atoms with Crippen molar-refractivity contribution < 1.29 is 19.0 Å². The molecule has 0 N–H and O–H groups in total. The van der Waals surface area contributed by atoms with E-state index >= 15 is 0 Å². The van der Waals surface area contributed by atoms with Gasteiger partial charge >= 0.3 is 0 Å². The number of benzene rings is 1. The molecule has 1 aromatic carbocycles. The third kappa shape index (κ3) is 3.74. The molecule has 8 nitrogen and oxygen atoms in total. The summed E-state index contributed by atoms with van der Waals surface area (Å²) >= 11 is 1.59. The van der Waals surface area contributed by atoms with Gasteiger partial charge in [0, 0.05) is 29.7 Å². The Balaban J connectivity index is 1.61. The molecular formula is C22H26N4O4S. The number of aryl methyl sites for hydroxylation is 2. The highest BCUT2D eigenvalue weighted by Crippen LogP contribution is 2.40. The maximum Gasteiger partial charge on any atom is 0.233 e. The maximum absolute atomic E-state index is 13.2. The van der Waals surface area contributed by atoms with Crippen LogP contribution in [-0.2, 0) is 31.1 Å². The lowest BCUT2D eigenvalue weighted by molar-refractivity contribution is -0.117. The normalized spacial score (nSPS) is 12.2. The molecular weight excluding hydrogens is 416 g/mol. The molecule has 0 bridgehead atoms. The lowest BCUT2D eigenvalue weighted by Gasteiger charge is -2.19. The van der Waals surface area contributed by atoms with Crippen LogP contribution in [0.5, 0.6) is 17.2 Å². The topological polar surface area (TPSA) is 78.7 Å². The van der Waals surface area contributed by atoms with Crippen LogP contribution in [0.4, 0.5) is 5.13 Å². The van der Waals surface area contributed by atoms with Crippen molar-refractivity contribution in [2.24, 2.45) is 7.05 Å². The molecule has 0 aliphatic heterocycles. The Labute approximate surface area is 185 Å². The van der Waals surface area contributed by atoms with Crippen molar-refractivity contribution in [3.8, 4) is 28.5 Å². The van der Waals surface area contributed by atoms with E-state index in [1.54, 1.807) is 37.6 Å². The summed E-state index contributed by atoms with van der Waals surface area (Å²) in [4.78, 5) is 21.0. The Morgan fingerprint density at radius 3 is 2.48 bits per heavy atom. The van der Waals surface area contributed by atoms with Crippen molar-refractivity contribution in [3.63, 3.8) is 0 Å². The van der Waals surface area contributed by atoms with Crippen LogP contribution in [-0.4, -0.2) is 48.5 Å². The Bertz CT molecular complexity index is 1100. The number of hydrogen-bond donors (Lipinski definition) is 0. The first-order valence-electron chi connectivity index (χ1n) is 10.1. The van der Waals surface area contributed by atoms with Gasteiger partial charge in [0.2, 0.25) is 11.7 Å². The maximum atomic E-state index is 13.2. The molecule has 164 valence electrons. The zero-order valence-electron chi connectivity index (χ0n) is 18.4. The molecule has 2 aromatic heterocycles. The van der Waals surface area contributed by atoms with Crippen molar-refractivity contribution in [2.45, 2.75) is 26.2 Å². The van der Waals surface area contributed by atoms with Gasteiger partial charge in [0.05, 0.1) is 39.6 Å². The van der Waals surface area contributed by atoms with Crippen LogP contribution in [0.1, 0.15) is 23.1 Å². The molecule has 3 aromatic rings. The van der Waals surface area contributed by atoms with Gasteiger partial charge in [-0.2, -0.15) is 5.10 Å². The number of aromatic nitrogens is 3. The number of carbonyl (C=O) groups is 1. The molecule has 0 atom stereocenters. The van der Waals surface area contributed by atoms with Crippen molar-refractivity contribution in [1.29, 1.82) is 0 Å². The number of carbonyl (C=O) groups excluding carboxylic acids is 1. The van der Waals surface area contributed by atoms with Crippen LogP contribution >= 0.6 is 11.3 Å². The first kappa shape index (κ1) is 21.2. The lowest BCUT2D eigenvalue weighted by atomic mass is 10.0. The Morgan fingerprint density at radius 1 is 1.16 bits per heavy atom. The van der Waals surface area contributed by atoms with E-state index in [1.807, 2.05) is 37.0 Å². The fourth-order valence-corrected chi connectivity index (χ4v) is 5.10. The number of rotatable bonds is 7. The van der Waals surface area contributed by atoms with Crippen LogP contribution < -0.4 is 19.1 Å². The fourth-order valence-electron chi connectivity index (χ4n) is 3.95. The van der Waals surface area contributed by atoms with Gasteiger partial charge in [-0.15, -0.1) is 11.3 Å². The van der Waals surface area contributed by atoms with E-state index in [4.69, 9.17) is 19.2 Å². The van der Waals surface area contributed by atoms with Crippen LogP contribution in [0.2, 0.25) is 0 Å². The lowest BCUT2D eigenvalue weighted by Crippen LogP contribution is -2.31. The van der Waals surface area contributed by atoms with Crippen molar-refractivity contribution in [2.75, 3.05) is 32.8 Å². The average molecular weight is 443 g/mol. The molecule has 31 heavy (non-hydrogen) atoms. The molecule has 1 amide bonds. The summed E-state index contributed by atoms with van der Waals surface area (Å²) in [6, 6.07) is 3.61. The van der Waals surface area contributed by atoms with Crippen molar-refractivity contribution in [1.82, 2.24) is 14.8 Å². The number of amides is 1. The molecule has 9 heteroatoms. The van der Waals surface area contributed by atoms with E-state index < -0.39 is 0 Å². The molecule has 1 aliphatic carbocycles. The number of ether oxygens (including phenoxy) is 3. The minimum Gasteiger partial charge on any atom is -0.493 e. The number of fused-ring (bicyclic) bond motifs is 3. The van der Waals surface area contributed by atoms with E-state index in [9.17, 15) is 4.79 Å². The summed E-state index contributed by atoms with van der Waals surface area (Å²) in [7, 11) is 6.64. The SMILES string of the molecule is CCN(C(=O)Cc1cc(OC)c(OC)c(OC)c1)c1nc2c(s1)CCc1c-2cnn1C.